The first-order chi connectivity index (χ1) is 10.1. The number of anilines is 2. The van der Waals surface area contributed by atoms with Gasteiger partial charge in [0.05, 0.1) is 11.5 Å². The third-order valence-electron chi connectivity index (χ3n) is 3.62. The molecule has 1 N–H and O–H groups in total. The Hall–Kier alpha value is -1.37. The van der Waals surface area contributed by atoms with Crippen molar-refractivity contribution in [3.63, 3.8) is 0 Å². The Morgan fingerprint density at radius 1 is 1.24 bits per heavy atom. The van der Waals surface area contributed by atoms with E-state index in [9.17, 15) is 8.42 Å². The van der Waals surface area contributed by atoms with Gasteiger partial charge in [0.25, 0.3) is 0 Å². The summed E-state index contributed by atoms with van der Waals surface area (Å²) in [7, 11) is -2.91. The minimum atomic E-state index is -2.91. The molecule has 0 amide bonds. The lowest BCUT2D eigenvalue weighted by atomic mass is 10.1. The van der Waals surface area contributed by atoms with Crippen molar-refractivity contribution in [3.05, 3.63) is 11.9 Å². The number of nitrogens with zero attached hydrogens (tertiary/aromatic N) is 3. The lowest BCUT2D eigenvalue weighted by Gasteiger charge is -2.24. The molecule has 1 fully saturated rings. The van der Waals surface area contributed by atoms with Gasteiger partial charge in [-0.1, -0.05) is 13.3 Å². The predicted molar refractivity (Wildman–Crippen MR) is 85.7 cm³/mol. The standard InChI is InChI=1S/C14H24N4O2S/c1-3-6-12-13(15-4-2)16-11-17-14(12)18-7-5-9-21(19,20)10-8-18/h11H,3-10H2,1-2H3,(H,15,16,17). The van der Waals surface area contributed by atoms with Gasteiger partial charge in [0.15, 0.2) is 9.84 Å². The van der Waals surface area contributed by atoms with Crippen LogP contribution in [0.15, 0.2) is 6.33 Å². The van der Waals surface area contributed by atoms with E-state index in [1.165, 1.54) is 0 Å². The molecule has 2 rings (SSSR count). The molecule has 0 spiro atoms. The largest absolute Gasteiger partial charge is 0.370 e. The normalized spacial score (nSPS) is 18.3. The van der Waals surface area contributed by atoms with Crippen molar-refractivity contribution < 1.29 is 8.42 Å². The molecular formula is C14H24N4O2S. The Morgan fingerprint density at radius 3 is 2.76 bits per heavy atom. The molecule has 1 aliphatic heterocycles. The average molecular weight is 312 g/mol. The highest BCUT2D eigenvalue weighted by atomic mass is 32.2. The summed E-state index contributed by atoms with van der Waals surface area (Å²) in [6, 6.07) is 0. The summed E-state index contributed by atoms with van der Waals surface area (Å²) in [4.78, 5) is 10.9. The SMILES string of the molecule is CCCc1c(NCC)ncnc1N1CCCS(=O)(=O)CC1. The summed E-state index contributed by atoms with van der Waals surface area (Å²) in [5.41, 5.74) is 1.10. The molecule has 2 heterocycles. The van der Waals surface area contributed by atoms with Gasteiger partial charge in [-0.15, -0.1) is 0 Å². The summed E-state index contributed by atoms with van der Waals surface area (Å²) in [5.74, 6) is 2.24. The first kappa shape index (κ1) is 16.0. The van der Waals surface area contributed by atoms with E-state index in [1.54, 1.807) is 6.33 Å². The average Bonchev–Trinajstić information content (AvgIpc) is 2.62. The van der Waals surface area contributed by atoms with Gasteiger partial charge < -0.3 is 10.2 Å². The van der Waals surface area contributed by atoms with Crippen molar-refractivity contribution in [2.24, 2.45) is 0 Å². The highest BCUT2D eigenvalue weighted by Gasteiger charge is 2.22. The van der Waals surface area contributed by atoms with Crippen molar-refractivity contribution in [1.29, 1.82) is 0 Å². The quantitative estimate of drug-likeness (QED) is 0.888. The molecule has 1 aliphatic rings. The second-order valence-electron chi connectivity index (χ2n) is 5.30. The number of hydrogen-bond donors (Lipinski definition) is 1. The van der Waals surface area contributed by atoms with Gasteiger partial charge in [-0.05, 0) is 19.8 Å². The second-order valence-corrected chi connectivity index (χ2v) is 7.60. The maximum absolute atomic E-state index is 11.8. The minimum absolute atomic E-state index is 0.207. The maximum atomic E-state index is 11.8. The van der Waals surface area contributed by atoms with Gasteiger partial charge >= 0.3 is 0 Å². The zero-order valence-electron chi connectivity index (χ0n) is 12.8. The van der Waals surface area contributed by atoms with Gasteiger partial charge in [0, 0.05) is 25.2 Å². The lowest BCUT2D eigenvalue weighted by Crippen LogP contribution is -2.29. The summed E-state index contributed by atoms with van der Waals surface area (Å²) in [6.07, 6.45) is 4.12. The van der Waals surface area contributed by atoms with Crippen LogP contribution in [-0.2, 0) is 16.3 Å². The van der Waals surface area contributed by atoms with Gasteiger partial charge in [0.1, 0.15) is 18.0 Å². The summed E-state index contributed by atoms with van der Waals surface area (Å²) in [5, 5.41) is 3.28. The second kappa shape index (κ2) is 7.06. The lowest BCUT2D eigenvalue weighted by molar-refractivity contribution is 0.597. The Kier molecular flexibility index (Phi) is 5.39. The van der Waals surface area contributed by atoms with Crippen LogP contribution in [0.5, 0.6) is 0 Å². The van der Waals surface area contributed by atoms with E-state index in [-0.39, 0.29) is 11.5 Å². The third kappa shape index (κ3) is 4.06. The predicted octanol–water partition coefficient (Wildman–Crippen LogP) is 1.49. The zero-order chi connectivity index (χ0) is 15.3. The molecule has 0 atom stereocenters. The van der Waals surface area contributed by atoms with Crippen LogP contribution in [0.2, 0.25) is 0 Å². The van der Waals surface area contributed by atoms with Gasteiger partial charge in [-0.3, -0.25) is 0 Å². The molecule has 6 nitrogen and oxygen atoms in total. The Morgan fingerprint density at radius 2 is 2.05 bits per heavy atom. The minimum Gasteiger partial charge on any atom is -0.370 e. The first-order valence-electron chi connectivity index (χ1n) is 7.60. The van der Waals surface area contributed by atoms with Crippen LogP contribution in [0.4, 0.5) is 11.6 Å². The Balaban J connectivity index is 2.31. The van der Waals surface area contributed by atoms with Gasteiger partial charge in [-0.2, -0.15) is 0 Å². The molecule has 118 valence electrons. The Bertz CT molecular complexity index is 574. The molecule has 0 unspecified atom stereocenters. The van der Waals surface area contributed by atoms with E-state index in [1.807, 2.05) is 6.92 Å². The summed E-state index contributed by atoms with van der Waals surface area (Å²) >= 11 is 0. The van der Waals surface area contributed by atoms with E-state index in [4.69, 9.17) is 0 Å². The molecule has 1 aromatic heterocycles. The van der Waals surface area contributed by atoms with Crippen LogP contribution in [0.1, 0.15) is 32.3 Å². The van der Waals surface area contributed by atoms with Crippen LogP contribution in [0.25, 0.3) is 0 Å². The topological polar surface area (TPSA) is 75.2 Å². The highest BCUT2D eigenvalue weighted by Crippen LogP contribution is 2.26. The third-order valence-corrected chi connectivity index (χ3v) is 5.34. The van der Waals surface area contributed by atoms with Crippen molar-refractivity contribution in [2.45, 2.75) is 33.1 Å². The van der Waals surface area contributed by atoms with E-state index < -0.39 is 9.84 Å². The van der Waals surface area contributed by atoms with Gasteiger partial charge in [0.2, 0.25) is 0 Å². The van der Waals surface area contributed by atoms with Crippen molar-refractivity contribution >= 4 is 21.5 Å². The van der Waals surface area contributed by atoms with E-state index in [0.717, 1.165) is 43.1 Å². The van der Waals surface area contributed by atoms with E-state index in [2.05, 4.69) is 27.1 Å². The molecule has 1 aromatic rings. The van der Waals surface area contributed by atoms with E-state index in [0.29, 0.717) is 13.0 Å². The molecule has 0 saturated carbocycles. The monoisotopic (exact) mass is 312 g/mol. The smallest absolute Gasteiger partial charge is 0.152 e. The molecule has 0 bridgehead atoms. The van der Waals surface area contributed by atoms with Crippen LogP contribution in [0, 0.1) is 0 Å². The molecule has 7 heteroatoms. The first-order valence-corrected chi connectivity index (χ1v) is 9.42. The van der Waals surface area contributed by atoms with Gasteiger partial charge in [-0.25, -0.2) is 18.4 Å². The number of hydrogen-bond acceptors (Lipinski definition) is 6. The molecule has 21 heavy (non-hydrogen) atoms. The van der Waals surface area contributed by atoms with E-state index >= 15 is 0 Å². The molecule has 1 saturated heterocycles. The van der Waals surface area contributed by atoms with Crippen molar-refractivity contribution in [1.82, 2.24) is 9.97 Å². The fourth-order valence-electron chi connectivity index (χ4n) is 2.63. The van der Waals surface area contributed by atoms with Crippen LogP contribution in [0.3, 0.4) is 0 Å². The highest BCUT2D eigenvalue weighted by molar-refractivity contribution is 7.91. The number of nitrogens with one attached hydrogen (secondary N) is 1. The molecule has 0 aromatic carbocycles. The maximum Gasteiger partial charge on any atom is 0.152 e. The van der Waals surface area contributed by atoms with Crippen LogP contribution < -0.4 is 10.2 Å². The van der Waals surface area contributed by atoms with Crippen molar-refractivity contribution in [2.75, 3.05) is 41.4 Å². The fraction of sp³-hybridized carbons (Fsp3) is 0.714. The van der Waals surface area contributed by atoms with Crippen LogP contribution in [-0.4, -0.2) is 49.5 Å². The summed E-state index contributed by atoms with van der Waals surface area (Å²) in [6.45, 7) is 6.22. The van der Waals surface area contributed by atoms with Crippen LogP contribution >= 0.6 is 0 Å². The number of rotatable bonds is 5. The molecular weight excluding hydrogens is 288 g/mol. The fourth-order valence-corrected chi connectivity index (χ4v) is 3.90. The number of aromatic nitrogens is 2. The number of sulfone groups is 1. The summed E-state index contributed by atoms with van der Waals surface area (Å²) < 4.78 is 23.5. The van der Waals surface area contributed by atoms with Crippen molar-refractivity contribution in [3.8, 4) is 0 Å². The molecule has 0 aliphatic carbocycles. The zero-order valence-corrected chi connectivity index (χ0v) is 13.6. The molecule has 0 radical (unpaired) electrons. The Labute approximate surface area is 126 Å².